The van der Waals surface area contributed by atoms with Crippen LogP contribution in [0.15, 0.2) is 0 Å². The SMILES string of the molecule is CCC[C@@H](N)C(=O)NCC(O)(CC)CC. The fourth-order valence-corrected chi connectivity index (χ4v) is 1.32. The van der Waals surface area contributed by atoms with Crippen LogP contribution in [0.3, 0.4) is 0 Å². The second-order valence-corrected chi connectivity index (χ2v) is 4.04. The summed E-state index contributed by atoms with van der Waals surface area (Å²) in [5.74, 6) is -0.169. The maximum Gasteiger partial charge on any atom is 0.237 e. The first-order valence-electron chi connectivity index (χ1n) is 5.74. The van der Waals surface area contributed by atoms with Crippen molar-refractivity contribution in [2.75, 3.05) is 6.54 Å². The smallest absolute Gasteiger partial charge is 0.237 e. The van der Waals surface area contributed by atoms with E-state index in [0.29, 0.717) is 19.3 Å². The third kappa shape index (κ3) is 5.14. The quantitative estimate of drug-likeness (QED) is 0.588. The number of carbonyl (C=O) groups is 1. The Morgan fingerprint density at radius 1 is 1.40 bits per heavy atom. The summed E-state index contributed by atoms with van der Waals surface area (Å²) in [6.07, 6.45) is 2.84. The Bertz CT molecular complexity index is 191. The highest BCUT2D eigenvalue weighted by molar-refractivity contribution is 5.81. The Morgan fingerprint density at radius 3 is 2.33 bits per heavy atom. The molecule has 0 aromatic heterocycles. The monoisotopic (exact) mass is 216 g/mol. The lowest BCUT2D eigenvalue weighted by molar-refractivity contribution is -0.123. The molecule has 1 amide bonds. The number of nitrogens with two attached hydrogens (primary N) is 1. The van der Waals surface area contributed by atoms with Gasteiger partial charge in [0.15, 0.2) is 0 Å². The number of nitrogens with one attached hydrogen (secondary N) is 1. The molecular formula is C11H24N2O2. The molecule has 0 rings (SSSR count). The van der Waals surface area contributed by atoms with Gasteiger partial charge in [0, 0.05) is 6.54 Å². The largest absolute Gasteiger partial charge is 0.388 e. The van der Waals surface area contributed by atoms with Crippen molar-refractivity contribution in [3.8, 4) is 0 Å². The number of aliphatic hydroxyl groups is 1. The predicted molar refractivity (Wildman–Crippen MR) is 61.4 cm³/mol. The van der Waals surface area contributed by atoms with Gasteiger partial charge in [0.05, 0.1) is 11.6 Å². The van der Waals surface area contributed by atoms with Crippen molar-refractivity contribution in [1.29, 1.82) is 0 Å². The molecular weight excluding hydrogens is 192 g/mol. The lowest BCUT2D eigenvalue weighted by Gasteiger charge is -2.26. The van der Waals surface area contributed by atoms with Crippen LogP contribution in [0.1, 0.15) is 46.5 Å². The summed E-state index contributed by atoms with van der Waals surface area (Å²) in [7, 11) is 0. The normalized spacial score (nSPS) is 13.7. The van der Waals surface area contributed by atoms with Gasteiger partial charge >= 0.3 is 0 Å². The minimum atomic E-state index is -0.790. The summed E-state index contributed by atoms with van der Waals surface area (Å²) in [6.45, 7) is 6.08. The second kappa shape index (κ2) is 6.80. The highest BCUT2D eigenvalue weighted by Gasteiger charge is 2.23. The molecule has 0 saturated heterocycles. The van der Waals surface area contributed by atoms with E-state index in [1.165, 1.54) is 0 Å². The Kier molecular flexibility index (Phi) is 6.52. The van der Waals surface area contributed by atoms with E-state index in [9.17, 15) is 9.90 Å². The zero-order valence-corrected chi connectivity index (χ0v) is 10.0. The van der Waals surface area contributed by atoms with Gasteiger partial charge in [-0.15, -0.1) is 0 Å². The number of rotatable bonds is 7. The molecule has 4 heteroatoms. The molecule has 90 valence electrons. The lowest BCUT2D eigenvalue weighted by atomic mass is 9.97. The third-order valence-corrected chi connectivity index (χ3v) is 2.84. The van der Waals surface area contributed by atoms with Crippen LogP contribution in [0.4, 0.5) is 0 Å². The van der Waals surface area contributed by atoms with E-state index in [1.54, 1.807) is 0 Å². The molecule has 0 radical (unpaired) electrons. The van der Waals surface area contributed by atoms with E-state index in [1.807, 2.05) is 20.8 Å². The molecule has 0 bridgehead atoms. The Morgan fingerprint density at radius 2 is 1.93 bits per heavy atom. The van der Waals surface area contributed by atoms with Gasteiger partial charge in [-0.2, -0.15) is 0 Å². The van der Waals surface area contributed by atoms with E-state index in [2.05, 4.69) is 5.32 Å². The predicted octanol–water partition coefficient (Wildman–Crippen LogP) is 0.781. The van der Waals surface area contributed by atoms with Gasteiger partial charge in [-0.3, -0.25) is 4.79 Å². The second-order valence-electron chi connectivity index (χ2n) is 4.04. The number of carbonyl (C=O) groups excluding carboxylic acids is 1. The fourth-order valence-electron chi connectivity index (χ4n) is 1.32. The van der Waals surface area contributed by atoms with Gasteiger partial charge in [-0.1, -0.05) is 27.2 Å². The molecule has 1 atom stereocenters. The molecule has 0 unspecified atom stereocenters. The molecule has 0 aliphatic carbocycles. The lowest BCUT2D eigenvalue weighted by Crippen LogP contribution is -2.47. The van der Waals surface area contributed by atoms with Crippen molar-refractivity contribution < 1.29 is 9.90 Å². The van der Waals surface area contributed by atoms with Crippen molar-refractivity contribution in [2.45, 2.75) is 58.1 Å². The summed E-state index contributed by atoms with van der Waals surface area (Å²) in [5, 5.41) is 12.6. The number of amides is 1. The minimum absolute atomic E-state index is 0.169. The van der Waals surface area contributed by atoms with Crippen molar-refractivity contribution in [3.05, 3.63) is 0 Å². The zero-order chi connectivity index (χ0) is 11.9. The summed E-state index contributed by atoms with van der Waals surface area (Å²) < 4.78 is 0. The zero-order valence-electron chi connectivity index (χ0n) is 10.0. The van der Waals surface area contributed by atoms with Crippen molar-refractivity contribution in [3.63, 3.8) is 0 Å². The Labute approximate surface area is 92.2 Å². The maximum absolute atomic E-state index is 11.5. The third-order valence-electron chi connectivity index (χ3n) is 2.84. The molecule has 15 heavy (non-hydrogen) atoms. The average molecular weight is 216 g/mol. The molecule has 0 heterocycles. The first-order valence-corrected chi connectivity index (χ1v) is 5.74. The number of hydrogen-bond acceptors (Lipinski definition) is 3. The van der Waals surface area contributed by atoms with Crippen LogP contribution in [0.2, 0.25) is 0 Å². The molecule has 0 fully saturated rings. The summed E-state index contributed by atoms with van der Waals surface area (Å²) in [4.78, 5) is 11.5. The van der Waals surface area contributed by atoms with E-state index < -0.39 is 11.6 Å². The minimum Gasteiger partial charge on any atom is -0.388 e. The van der Waals surface area contributed by atoms with Gasteiger partial charge in [-0.25, -0.2) is 0 Å². The maximum atomic E-state index is 11.5. The van der Waals surface area contributed by atoms with Gasteiger partial charge in [0.2, 0.25) is 5.91 Å². The van der Waals surface area contributed by atoms with Crippen LogP contribution in [0, 0.1) is 0 Å². The van der Waals surface area contributed by atoms with E-state index in [-0.39, 0.29) is 12.5 Å². The first-order chi connectivity index (χ1) is 6.99. The van der Waals surface area contributed by atoms with Crippen LogP contribution in [0.5, 0.6) is 0 Å². The molecule has 0 aliphatic rings. The van der Waals surface area contributed by atoms with E-state index >= 15 is 0 Å². The van der Waals surface area contributed by atoms with Gasteiger partial charge in [0.25, 0.3) is 0 Å². The van der Waals surface area contributed by atoms with Crippen LogP contribution >= 0.6 is 0 Å². The molecule has 0 aliphatic heterocycles. The fraction of sp³-hybridized carbons (Fsp3) is 0.909. The molecule has 4 N–H and O–H groups in total. The Balaban J connectivity index is 3.98. The average Bonchev–Trinajstić information content (AvgIpc) is 2.25. The first kappa shape index (κ1) is 14.4. The standard InChI is InChI=1S/C11H24N2O2/c1-4-7-9(12)10(14)13-8-11(15,5-2)6-3/h9,15H,4-8,12H2,1-3H3,(H,13,14)/t9-/m1/s1. The summed E-state index contributed by atoms with van der Waals surface area (Å²) >= 11 is 0. The van der Waals surface area contributed by atoms with Crippen molar-refractivity contribution in [1.82, 2.24) is 5.32 Å². The van der Waals surface area contributed by atoms with E-state index in [0.717, 1.165) is 6.42 Å². The molecule has 0 spiro atoms. The highest BCUT2D eigenvalue weighted by Crippen LogP contribution is 2.12. The molecule has 0 aromatic carbocycles. The molecule has 0 aromatic rings. The van der Waals surface area contributed by atoms with Crippen LogP contribution in [-0.2, 0) is 4.79 Å². The number of hydrogen-bond donors (Lipinski definition) is 3. The van der Waals surface area contributed by atoms with Gasteiger partial charge in [-0.05, 0) is 19.3 Å². The molecule has 4 nitrogen and oxygen atoms in total. The Hall–Kier alpha value is -0.610. The van der Waals surface area contributed by atoms with Gasteiger partial charge in [0.1, 0.15) is 0 Å². The van der Waals surface area contributed by atoms with Crippen LogP contribution in [-0.4, -0.2) is 29.2 Å². The summed E-state index contributed by atoms with van der Waals surface area (Å²) in [6, 6.07) is -0.451. The molecule has 0 saturated carbocycles. The topological polar surface area (TPSA) is 75.4 Å². The summed E-state index contributed by atoms with van der Waals surface area (Å²) in [5.41, 5.74) is 4.86. The van der Waals surface area contributed by atoms with E-state index in [4.69, 9.17) is 5.73 Å². The van der Waals surface area contributed by atoms with Gasteiger partial charge < -0.3 is 16.2 Å². The highest BCUT2D eigenvalue weighted by atomic mass is 16.3. The van der Waals surface area contributed by atoms with Crippen molar-refractivity contribution in [2.24, 2.45) is 5.73 Å². The van der Waals surface area contributed by atoms with Crippen molar-refractivity contribution >= 4 is 5.91 Å². The van der Waals surface area contributed by atoms with Crippen LogP contribution in [0.25, 0.3) is 0 Å². The van der Waals surface area contributed by atoms with Crippen LogP contribution < -0.4 is 11.1 Å².